The van der Waals surface area contributed by atoms with E-state index in [1.54, 1.807) is 0 Å². The molecule has 1 aromatic carbocycles. The first-order valence-corrected chi connectivity index (χ1v) is 6.75. The maximum Gasteiger partial charge on any atom is 0.361 e. The summed E-state index contributed by atoms with van der Waals surface area (Å²) in [4.78, 5) is 25.2. The van der Waals surface area contributed by atoms with Gasteiger partial charge in [0.25, 0.3) is 20.7 Å². The number of nitro groups is 2. The molecule has 0 saturated carbocycles. The van der Waals surface area contributed by atoms with Gasteiger partial charge < -0.3 is 10.1 Å². The second kappa shape index (κ2) is 5.16. The number of hydrogen-bond donors (Lipinski definition) is 2. The Hall–Kier alpha value is -3.02. The Balaban J connectivity index is 2.46. The molecule has 110 valence electrons. The molecule has 2 aromatic rings. The molecule has 0 aliphatic rings. The summed E-state index contributed by atoms with van der Waals surface area (Å²) in [5.74, 6) is -0.832. The molecule has 0 spiro atoms. The molecular formula is C9H7N5O6S. The second-order valence-corrected chi connectivity index (χ2v) is 5.29. The molecule has 0 fully saturated rings. The number of hydrogen-bond acceptors (Lipinski definition) is 7. The first kappa shape index (κ1) is 14.4. The van der Waals surface area contributed by atoms with Crippen molar-refractivity contribution in [3.63, 3.8) is 0 Å². The first-order chi connectivity index (χ1) is 9.83. The number of nitrogens with zero attached hydrogens (tertiary/aromatic N) is 3. The minimum absolute atomic E-state index is 0.320. The van der Waals surface area contributed by atoms with Crippen molar-refractivity contribution in [2.45, 2.75) is 5.03 Å². The Morgan fingerprint density at radius 2 is 1.81 bits per heavy atom. The molecule has 12 heteroatoms. The van der Waals surface area contributed by atoms with Gasteiger partial charge in [-0.25, -0.2) is 4.98 Å². The maximum atomic E-state index is 12.0. The lowest BCUT2D eigenvalue weighted by molar-refractivity contribution is -0.392. The van der Waals surface area contributed by atoms with E-state index >= 15 is 0 Å². The molecule has 0 atom stereocenters. The topological polar surface area (TPSA) is 161 Å². The van der Waals surface area contributed by atoms with E-state index in [0.29, 0.717) is 0 Å². The molecule has 2 N–H and O–H groups in total. The van der Waals surface area contributed by atoms with Crippen molar-refractivity contribution in [1.29, 1.82) is 0 Å². The highest BCUT2D eigenvalue weighted by Crippen LogP contribution is 2.27. The summed E-state index contributed by atoms with van der Waals surface area (Å²) in [7, 11) is -4.44. The summed E-state index contributed by atoms with van der Waals surface area (Å²) in [6.07, 6.45) is 0.839. The maximum absolute atomic E-state index is 12.0. The Kier molecular flexibility index (Phi) is 3.54. The molecule has 0 aliphatic carbocycles. The van der Waals surface area contributed by atoms with E-state index in [4.69, 9.17) is 0 Å². The predicted octanol–water partition coefficient (Wildman–Crippen LogP) is 1.03. The smallest absolute Gasteiger partial charge is 0.358 e. The van der Waals surface area contributed by atoms with Crippen LogP contribution in [0.1, 0.15) is 0 Å². The van der Waals surface area contributed by atoms with Gasteiger partial charge in [0.15, 0.2) is 6.33 Å². The second-order valence-electron chi connectivity index (χ2n) is 3.69. The minimum atomic E-state index is -4.44. The summed E-state index contributed by atoms with van der Waals surface area (Å²) >= 11 is 0. The van der Waals surface area contributed by atoms with Crippen molar-refractivity contribution in [1.82, 2.24) is 9.97 Å². The molecule has 21 heavy (non-hydrogen) atoms. The van der Waals surface area contributed by atoms with Gasteiger partial charge in [-0.15, -0.1) is 0 Å². The normalized spacial score (nSPS) is 11.0. The van der Waals surface area contributed by atoms with Gasteiger partial charge in [-0.2, -0.15) is 13.4 Å². The van der Waals surface area contributed by atoms with Gasteiger partial charge in [0, 0.05) is 6.07 Å². The van der Waals surface area contributed by atoms with E-state index in [1.807, 2.05) is 4.72 Å². The molecule has 0 saturated heterocycles. The van der Waals surface area contributed by atoms with Crippen LogP contribution in [0.2, 0.25) is 0 Å². The van der Waals surface area contributed by atoms with E-state index < -0.39 is 36.4 Å². The molecule has 1 heterocycles. The lowest BCUT2D eigenvalue weighted by atomic mass is 10.3. The lowest BCUT2D eigenvalue weighted by Crippen LogP contribution is -2.15. The van der Waals surface area contributed by atoms with Crippen LogP contribution in [-0.4, -0.2) is 28.2 Å². The van der Waals surface area contributed by atoms with E-state index in [1.165, 1.54) is 12.1 Å². The number of aromatic nitrogens is 2. The van der Waals surface area contributed by atoms with Gasteiger partial charge in [0.2, 0.25) is 0 Å². The SMILES string of the molecule is O=[N+]([O-])c1ccccc1NS(=O)(=O)c1nc[nH]c1[N+](=O)[O-]. The third kappa shape index (κ3) is 2.79. The Labute approximate surface area is 117 Å². The van der Waals surface area contributed by atoms with E-state index in [2.05, 4.69) is 9.97 Å². The number of para-hydroxylation sites is 2. The Morgan fingerprint density at radius 1 is 1.14 bits per heavy atom. The standard InChI is InChI=1S/C9H7N5O6S/c15-13(16)7-4-2-1-3-6(7)12-21(19,20)9-8(14(17)18)10-5-11-9/h1-5,12H,(H,10,11). The number of nitrogens with one attached hydrogen (secondary N) is 2. The number of benzene rings is 1. The zero-order valence-corrected chi connectivity index (χ0v) is 10.9. The van der Waals surface area contributed by atoms with Gasteiger partial charge in [-0.05, 0) is 11.0 Å². The van der Waals surface area contributed by atoms with E-state index in [9.17, 15) is 28.6 Å². The van der Waals surface area contributed by atoms with Crippen LogP contribution in [0.4, 0.5) is 17.2 Å². The zero-order valence-electron chi connectivity index (χ0n) is 10.1. The Bertz CT molecular complexity index is 814. The highest BCUT2D eigenvalue weighted by atomic mass is 32.2. The summed E-state index contributed by atoms with van der Waals surface area (Å²) in [6, 6.07) is 4.99. The summed E-state index contributed by atoms with van der Waals surface area (Å²) in [5.41, 5.74) is -0.806. The van der Waals surface area contributed by atoms with Crippen LogP contribution in [0, 0.1) is 20.2 Å². The molecule has 11 nitrogen and oxygen atoms in total. The quantitative estimate of drug-likeness (QED) is 0.615. The van der Waals surface area contributed by atoms with Crippen LogP contribution < -0.4 is 4.72 Å². The van der Waals surface area contributed by atoms with Crippen LogP contribution >= 0.6 is 0 Å². The van der Waals surface area contributed by atoms with Crippen molar-refractivity contribution < 1.29 is 18.3 Å². The molecule has 0 amide bonds. The molecule has 0 radical (unpaired) electrons. The summed E-state index contributed by atoms with van der Waals surface area (Å²) in [5, 5.41) is 20.6. The number of imidazole rings is 1. The van der Waals surface area contributed by atoms with E-state index in [-0.39, 0.29) is 5.69 Å². The highest BCUT2D eigenvalue weighted by Gasteiger charge is 2.30. The summed E-state index contributed by atoms with van der Waals surface area (Å²) < 4.78 is 26.0. The monoisotopic (exact) mass is 313 g/mol. The number of H-pyrrole nitrogens is 1. The first-order valence-electron chi connectivity index (χ1n) is 5.27. The van der Waals surface area contributed by atoms with Crippen molar-refractivity contribution in [2.24, 2.45) is 0 Å². The molecule has 1 aromatic heterocycles. The molecule has 0 aliphatic heterocycles. The van der Waals surface area contributed by atoms with Crippen molar-refractivity contribution in [3.05, 3.63) is 50.8 Å². The van der Waals surface area contributed by atoms with Crippen molar-refractivity contribution in [3.8, 4) is 0 Å². The van der Waals surface area contributed by atoms with Gasteiger partial charge in [-0.1, -0.05) is 12.1 Å². The van der Waals surface area contributed by atoms with E-state index in [0.717, 1.165) is 18.5 Å². The van der Waals surface area contributed by atoms with Crippen LogP contribution in [-0.2, 0) is 10.0 Å². The van der Waals surface area contributed by atoms with Gasteiger partial charge in [-0.3, -0.25) is 14.8 Å². The summed E-state index contributed by atoms with van der Waals surface area (Å²) in [6.45, 7) is 0. The van der Waals surface area contributed by atoms with Crippen molar-refractivity contribution >= 4 is 27.2 Å². The molecular weight excluding hydrogens is 306 g/mol. The van der Waals surface area contributed by atoms with Gasteiger partial charge in [0.1, 0.15) is 5.69 Å². The van der Waals surface area contributed by atoms with Gasteiger partial charge in [0.05, 0.1) is 4.92 Å². The largest absolute Gasteiger partial charge is 0.361 e. The number of anilines is 1. The van der Waals surface area contributed by atoms with Crippen LogP contribution in [0.5, 0.6) is 0 Å². The minimum Gasteiger partial charge on any atom is -0.358 e. The van der Waals surface area contributed by atoms with Crippen LogP contribution in [0.25, 0.3) is 0 Å². The molecule has 2 rings (SSSR count). The predicted molar refractivity (Wildman–Crippen MR) is 69.1 cm³/mol. The zero-order chi connectivity index (χ0) is 15.6. The molecule has 0 unspecified atom stereocenters. The third-order valence-electron chi connectivity index (χ3n) is 2.37. The third-order valence-corrected chi connectivity index (χ3v) is 3.66. The lowest BCUT2D eigenvalue weighted by Gasteiger charge is -2.06. The fraction of sp³-hybridized carbons (Fsp3) is 0. The average molecular weight is 313 g/mol. The van der Waals surface area contributed by atoms with Crippen LogP contribution in [0.3, 0.4) is 0 Å². The van der Waals surface area contributed by atoms with Crippen molar-refractivity contribution in [2.75, 3.05) is 4.72 Å². The number of sulfonamides is 1. The molecule has 0 bridgehead atoms. The Morgan fingerprint density at radius 3 is 2.43 bits per heavy atom. The highest BCUT2D eigenvalue weighted by molar-refractivity contribution is 7.92. The fourth-order valence-corrected chi connectivity index (χ4v) is 2.65. The fourth-order valence-electron chi connectivity index (χ4n) is 1.51. The number of aromatic amines is 1. The van der Waals surface area contributed by atoms with Gasteiger partial charge >= 0.3 is 5.82 Å². The number of nitro benzene ring substituents is 1. The van der Waals surface area contributed by atoms with Crippen LogP contribution in [0.15, 0.2) is 35.6 Å². The average Bonchev–Trinajstić information content (AvgIpc) is 2.88. The number of rotatable bonds is 5.